The Bertz CT molecular complexity index is 193. The summed E-state index contributed by atoms with van der Waals surface area (Å²) in [5.74, 6) is 1.53. The summed E-state index contributed by atoms with van der Waals surface area (Å²) in [7, 11) is 0. The normalized spacial score (nSPS) is 27.4. The monoisotopic (exact) mass is 241 g/mol. The van der Waals surface area contributed by atoms with Gasteiger partial charge in [-0.3, -0.25) is 0 Å². The van der Waals surface area contributed by atoms with Crippen molar-refractivity contribution in [2.24, 2.45) is 11.8 Å². The highest BCUT2D eigenvalue weighted by molar-refractivity contribution is 4.84. The molecule has 0 aliphatic heterocycles. The van der Waals surface area contributed by atoms with E-state index in [-0.39, 0.29) is 0 Å². The van der Waals surface area contributed by atoms with E-state index in [1.54, 1.807) is 0 Å². The van der Waals surface area contributed by atoms with Crippen LogP contribution in [0.5, 0.6) is 0 Å². The summed E-state index contributed by atoms with van der Waals surface area (Å²) in [6, 6.07) is 1.24. The Morgan fingerprint density at radius 1 is 1.18 bits per heavy atom. The third-order valence-electron chi connectivity index (χ3n) is 4.17. The van der Waals surface area contributed by atoms with Crippen molar-refractivity contribution in [3.63, 3.8) is 0 Å². The maximum absolute atomic E-state index is 5.60. The van der Waals surface area contributed by atoms with E-state index in [4.69, 9.17) is 4.74 Å². The van der Waals surface area contributed by atoms with E-state index in [0.29, 0.717) is 12.0 Å². The van der Waals surface area contributed by atoms with Crippen LogP contribution in [0.3, 0.4) is 0 Å². The molecule has 3 atom stereocenters. The van der Waals surface area contributed by atoms with Gasteiger partial charge < -0.3 is 10.1 Å². The second-order valence-electron chi connectivity index (χ2n) is 5.74. The summed E-state index contributed by atoms with van der Waals surface area (Å²) < 4.78 is 5.60. The van der Waals surface area contributed by atoms with Gasteiger partial charge in [-0.2, -0.15) is 0 Å². The summed E-state index contributed by atoms with van der Waals surface area (Å²) in [5.41, 5.74) is 0. The Kier molecular flexibility index (Phi) is 7.14. The number of hydrogen-bond acceptors (Lipinski definition) is 2. The Morgan fingerprint density at radius 2 is 1.88 bits per heavy atom. The van der Waals surface area contributed by atoms with Crippen LogP contribution < -0.4 is 5.32 Å². The Morgan fingerprint density at radius 3 is 2.47 bits per heavy atom. The molecule has 1 aliphatic rings. The van der Waals surface area contributed by atoms with E-state index in [0.717, 1.165) is 25.2 Å². The molecule has 0 heterocycles. The first kappa shape index (κ1) is 15.0. The topological polar surface area (TPSA) is 21.3 Å². The highest BCUT2D eigenvalue weighted by atomic mass is 16.5. The van der Waals surface area contributed by atoms with Crippen molar-refractivity contribution in [1.82, 2.24) is 5.32 Å². The summed E-state index contributed by atoms with van der Waals surface area (Å²) >= 11 is 0. The Labute approximate surface area is 108 Å². The fourth-order valence-electron chi connectivity index (χ4n) is 2.87. The third-order valence-corrected chi connectivity index (χ3v) is 4.17. The van der Waals surface area contributed by atoms with Crippen molar-refractivity contribution in [2.45, 2.75) is 71.9 Å². The lowest BCUT2D eigenvalue weighted by Crippen LogP contribution is -2.48. The molecule has 1 fully saturated rings. The summed E-state index contributed by atoms with van der Waals surface area (Å²) in [6.07, 6.45) is 6.90. The van der Waals surface area contributed by atoms with Crippen molar-refractivity contribution in [3.05, 3.63) is 0 Å². The zero-order valence-electron chi connectivity index (χ0n) is 12.2. The molecular formula is C15H31NO. The van der Waals surface area contributed by atoms with Crippen molar-refractivity contribution < 1.29 is 4.74 Å². The number of hydrogen-bond donors (Lipinski definition) is 1. The maximum Gasteiger partial charge on any atom is 0.0622 e. The van der Waals surface area contributed by atoms with Crippen LogP contribution in [-0.2, 0) is 4.74 Å². The van der Waals surface area contributed by atoms with E-state index in [9.17, 15) is 0 Å². The molecule has 1 N–H and O–H groups in total. The highest BCUT2D eigenvalue weighted by Gasteiger charge is 2.26. The molecule has 1 aliphatic carbocycles. The van der Waals surface area contributed by atoms with E-state index < -0.39 is 0 Å². The first-order chi connectivity index (χ1) is 8.19. The predicted molar refractivity (Wildman–Crippen MR) is 74.3 cm³/mol. The van der Waals surface area contributed by atoms with Crippen LogP contribution in [0, 0.1) is 11.8 Å². The molecule has 0 aromatic heterocycles. The van der Waals surface area contributed by atoms with Crippen LogP contribution in [0.15, 0.2) is 0 Å². The van der Waals surface area contributed by atoms with E-state index in [1.807, 2.05) is 0 Å². The van der Waals surface area contributed by atoms with Gasteiger partial charge in [-0.15, -0.1) is 0 Å². The smallest absolute Gasteiger partial charge is 0.0622 e. The van der Waals surface area contributed by atoms with Gasteiger partial charge in [0.2, 0.25) is 0 Å². The lowest BCUT2D eigenvalue weighted by molar-refractivity contribution is 0.0931. The van der Waals surface area contributed by atoms with Gasteiger partial charge in [-0.25, -0.2) is 0 Å². The molecule has 102 valence electrons. The molecular weight excluding hydrogens is 210 g/mol. The van der Waals surface area contributed by atoms with Crippen LogP contribution in [0.2, 0.25) is 0 Å². The van der Waals surface area contributed by atoms with Crippen molar-refractivity contribution >= 4 is 0 Å². The predicted octanol–water partition coefficient (Wildman–Crippen LogP) is 3.61. The van der Waals surface area contributed by atoms with Gasteiger partial charge in [0.05, 0.1) is 6.61 Å². The van der Waals surface area contributed by atoms with Crippen LogP contribution in [0.4, 0.5) is 0 Å². The fraction of sp³-hybridized carbons (Fsp3) is 1.00. The minimum atomic E-state index is 0.520. The highest BCUT2D eigenvalue weighted by Crippen LogP contribution is 2.27. The second kappa shape index (κ2) is 8.10. The number of ether oxygens (including phenoxy) is 1. The minimum Gasteiger partial charge on any atom is -0.380 e. The molecule has 1 saturated carbocycles. The number of rotatable bonds is 7. The van der Waals surface area contributed by atoms with Gasteiger partial charge in [0, 0.05) is 18.7 Å². The van der Waals surface area contributed by atoms with Crippen LogP contribution in [-0.4, -0.2) is 25.3 Å². The van der Waals surface area contributed by atoms with Gasteiger partial charge in [0.25, 0.3) is 0 Å². The molecule has 0 saturated heterocycles. The van der Waals surface area contributed by atoms with Crippen molar-refractivity contribution in [2.75, 3.05) is 13.2 Å². The van der Waals surface area contributed by atoms with Gasteiger partial charge in [-0.05, 0) is 31.6 Å². The van der Waals surface area contributed by atoms with Gasteiger partial charge in [0.15, 0.2) is 0 Å². The Hall–Kier alpha value is -0.0800. The quantitative estimate of drug-likeness (QED) is 0.735. The minimum absolute atomic E-state index is 0.520. The molecule has 3 unspecified atom stereocenters. The van der Waals surface area contributed by atoms with Crippen molar-refractivity contribution in [1.29, 1.82) is 0 Å². The molecule has 0 radical (unpaired) electrons. The zero-order chi connectivity index (χ0) is 12.7. The third kappa shape index (κ3) is 4.97. The van der Waals surface area contributed by atoms with Gasteiger partial charge in [0.1, 0.15) is 0 Å². The Balaban J connectivity index is 2.45. The zero-order valence-corrected chi connectivity index (χ0v) is 12.2. The fourth-order valence-corrected chi connectivity index (χ4v) is 2.87. The number of nitrogens with one attached hydrogen (secondary N) is 1. The summed E-state index contributed by atoms with van der Waals surface area (Å²) in [6.45, 7) is 10.7. The van der Waals surface area contributed by atoms with E-state index in [1.165, 1.54) is 32.1 Å². The largest absolute Gasteiger partial charge is 0.380 e. The van der Waals surface area contributed by atoms with Crippen LogP contribution in [0.25, 0.3) is 0 Å². The molecule has 0 aromatic carbocycles. The maximum atomic E-state index is 5.60. The molecule has 2 nitrogen and oxygen atoms in total. The van der Waals surface area contributed by atoms with Gasteiger partial charge in [-0.1, -0.05) is 40.0 Å². The first-order valence-corrected chi connectivity index (χ1v) is 7.52. The molecule has 1 rings (SSSR count). The SMILES string of the molecule is CCOCC(NC1CCCCC1CC)C(C)C. The first-order valence-electron chi connectivity index (χ1n) is 7.52. The van der Waals surface area contributed by atoms with E-state index >= 15 is 0 Å². The molecule has 0 bridgehead atoms. The molecule has 17 heavy (non-hydrogen) atoms. The average Bonchev–Trinajstić information content (AvgIpc) is 2.34. The van der Waals surface area contributed by atoms with Crippen molar-refractivity contribution in [3.8, 4) is 0 Å². The van der Waals surface area contributed by atoms with Gasteiger partial charge >= 0.3 is 0 Å². The lowest BCUT2D eigenvalue weighted by Gasteiger charge is -2.36. The molecule has 0 aromatic rings. The lowest BCUT2D eigenvalue weighted by atomic mass is 9.82. The average molecular weight is 241 g/mol. The van der Waals surface area contributed by atoms with Crippen LogP contribution in [0.1, 0.15) is 59.8 Å². The summed E-state index contributed by atoms with van der Waals surface area (Å²) in [4.78, 5) is 0. The molecule has 0 amide bonds. The molecule has 0 spiro atoms. The standard InChI is InChI=1S/C15H31NO/c1-5-13-9-7-8-10-14(13)16-15(12(3)4)11-17-6-2/h12-16H,5-11H2,1-4H3. The summed E-state index contributed by atoms with van der Waals surface area (Å²) in [5, 5.41) is 3.87. The van der Waals surface area contributed by atoms with Crippen LogP contribution >= 0.6 is 0 Å². The second-order valence-corrected chi connectivity index (χ2v) is 5.74. The molecule has 2 heteroatoms. The van der Waals surface area contributed by atoms with E-state index in [2.05, 4.69) is 33.0 Å².